The fourth-order valence-corrected chi connectivity index (χ4v) is 4.78. The molecule has 0 atom stereocenters. The maximum atomic E-state index is 13.4. The number of rotatable bonds is 7. The molecule has 1 aromatic heterocycles. The van der Waals surface area contributed by atoms with Crippen LogP contribution in [0.4, 0.5) is 5.13 Å². The Morgan fingerprint density at radius 2 is 1.72 bits per heavy atom. The third-order valence-electron chi connectivity index (χ3n) is 5.18. The maximum Gasteiger partial charge on any atom is 0.233 e. The molecule has 0 saturated carbocycles. The topological polar surface area (TPSA) is 36.4 Å². The van der Waals surface area contributed by atoms with Gasteiger partial charge in [0.1, 0.15) is 0 Å². The molecule has 1 heterocycles. The summed E-state index contributed by atoms with van der Waals surface area (Å²) < 4.78 is 1.15. The first kappa shape index (κ1) is 21.5. The quantitative estimate of drug-likeness (QED) is 0.547. The average molecular weight is 410 g/mol. The molecule has 0 fully saturated rings. The minimum Gasteiger partial charge on any atom is -0.309 e. The van der Waals surface area contributed by atoms with Gasteiger partial charge in [0, 0.05) is 6.54 Å². The molecule has 3 rings (SSSR count). The predicted octanol–water partition coefficient (Wildman–Crippen LogP) is 5.06. The van der Waals surface area contributed by atoms with E-state index in [2.05, 4.69) is 77.0 Å². The van der Waals surface area contributed by atoms with Gasteiger partial charge in [-0.25, -0.2) is 4.98 Å². The van der Waals surface area contributed by atoms with Gasteiger partial charge in [0.2, 0.25) is 5.91 Å². The van der Waals surface area contributed by atoms with Crippen LogP contribution in [0.5, 0.6) is 0 Å². The largest absolute Gasteiger partial charge is 0.309 e. The van der Waals surface area contributed by atoms with E-state index in [0.717, 1.165) is 45.0 Å². The Labute approximate surface area is 178 Å². The van der Waals surface area contributed by atoms with Crippen LogP contribution >= 0.6 is 11.3 Å². The normalized spacial score (nSPS) is 11.4. The number of carbonyl (C=O) groups is 1. The van der Waals surface area contributed by atoms with Crippen molar-refractivity contribution in [2.45, 2.75) is 40.5 Å². The second-order valence-corrected chi connectivity index (χ2v) is 9.24. The van der Waals surface area contributed by atoms with E-state index in [4.69, 9.17) is 4.98 Å². The molecule has 0 saturated heterocycles. The number of amides is 1. The number of hydrogen-bond acceptors (Lipinski definition) is 4. The molecule has 3 aromatic rings. The zero-order valence-corrected chi connectivity index (χ0v) is 19.2. The third kappa shape index (κ3) is 5.22. The SMILES string of the molecule is Cc1ccc(C)c(CC(=O)N(CCCN(C)C)c2nc3c(C)cc(C)cc3s2)c1. The molecule has 1 amide bonds. The predicted molar refractivity (Wildman–Crippen MR) is 124 cm³/mol. The lowest BCUT2D eigenvalue weighted by atomic mass is 10.0. The first-order valence-corrected chi connectivity index (χ1v) is 11.0. The number of fused-ring (bicyclic) bond motifs is 1. The number of aryl methyl sites for hydroxylation is 4. The van der Waals surface area contributed by atoms with E-state index < -0.39 is 0 Å². The molecule has 5 heteroatoms. The fourth-order valence-electron chi connectivity index (χ4n) is 3.60. The summed E-state index contributed by atoms with van der Waals surface area (Å²) in [7, 11) is 4.12. The minimum atomic E-state index is 0.117. The van der Waals surface area contributed by atoms with Crippen LogP contribution < -0.4 is 4.90 Å². The molecular weight excluding hydrogens is 378 g/mol. The van der Waals surface area contributed by atoms with E-state index in [-0.39, 0.29) is 5.91 Å². The first-order chi connectivity index (χ1) is 13.7. The standard InChI is InChI=1S/C24H31N3OS/c1-16-8-9-18(3)20(13-16)15-22(28)27(11-7-10-26(5)6)24-25-23-19(4)12-17(2)14-21(23)29-24/h8-9,12-14H,7,10-11,15H2,1-6H3. The lowest BCUT2D eigenvalue weighted by Crippen LogP contribution is -2.34. The van der Waals surface area contributed by atoms with Crippen LogP contribution in [0.2, 0.25) is 0 Å². The number of aromatic nitrogens is 1. The van der Waals surface area contributed by atoms with Crippen LogP contribution in [0, 0.1) is 27.7 Å². The van der Waals surface area contributed by atoms with Crippen molar-refractivity contribution in [2.24, 2.45) is 0 Å². The zero-order valence-electron chi connectivity index (χ0n) is 18.4. The van der Waals surface area contributed by atoms with Crippen LogP contribution in [-0.4, -0.2) is 43.0 Å². The molecule has 0 aliphatic rings. The van der Waals surface area contributed by atoms with Crippen molar-refractivity contribution in [3.8, 4) is 0 Å². The summed E-state index contributed by atoms with van der Waals surface area (Å²) in [6, 6.07) is 10.6. The van der Waals surface area contributed by atoms with Gasteiger partial charge in [0.25, 0.3) is 0 Å². The smallest absolute Gasteiger partial charge is 0.233 e. The fraction of sp³-hybridized carbons (Fsp3) is 0.417. The van der Waals surface area contributed by atoms with Gasteiger partial charge in [0.15, 0.2) is 5.13 Å². The highest BCUT2D eigenvalue weighted by molar-refractivity contribution is 7.22. The zero-order chi connectivity index (χ0) is 21.1. The summed E-state index contributed by atoms with van der Waals surface area (Å²) in [5, 5.41) is 0.808. The van der Waals surface area contributed by atoms with Crippen molar-refractivity contribution in [1.29, 1.82) is 0 Å². The Balaban J connectivity index is 1.92. The average Bonchev–Trinajstić information content (AvgIpc) is 3.05. The molecule has 2 aromatic carbocycles. The van der Waals surface area contributed by atoms with Gasteiger partial charge in [-0.3, -0.25) is 9.69 Å². The molecule has 0 radical (unpaired) electrons. The van der Waals surface area contributed by atoms with Gasteiger partial charge >= 0.3 is 0 Å². The first-order valence-electron chi connectivity index (χ1n) is 10.1. The second kappa shape index (κ2) is 9.06. The van der Waals surface area contributed by atoms with E-state index in [1.54, 1.807) is 11.3 Å². The highest BCUT2D eigenvalue weighted by atomic mass is 32.1. The lowest BCUT2D eigenvalue weighted by Gasteiger charge is -2.21. The van der Waals surface area contributed by atoms with E-state index in [1.807, 2.05) is 4.90 Å². The van der Waals surface area contributed by atoms with Crippen molar-refractivity contribution in [3.63, 3.8) is 0 Å². The minimum absolute atomic E-state index is 0.117. The van der Waals surface area contributed by atoms with E-state index >= 15 is 0 Å². The number of benzene rings is 2. The third-order valence-corrected chi connectivity index (χ3v) is 6.21. The Kier molecular flexibility index (Phi) is 6.70. The summed E-state index contributed by atoms with van der Waals surface area (Å²) >= 11 is 1.62. The number of carbonyl (C=O) groups excluding carboxylic acids is 1. The molecule has 0 N–H and O–H groups in total. The number of anilines is 1. The van der Waals surface area contributed by atoms with Crippen LogP contribution in [-0.2, 0) is 11.2 Å². The molecular formula is C24H31N3OS. The Bertz CT molecular complexity index is 1020. The molecule has 0 spiro atoms. The lowest BCUT2D eigenvalue weighted by molar-refractivity contribution is -0.118. The summed E-state index contributed by atoms with van der Waals surface area (Å²) in [6.45, 7) is 9.96. The van der Waals surface area contributed by atoms with Crippen LogP contribution in [0.15, 0.2) is 30.3 Å². The van der Waals surface area contributed by atoms with Crippen molar-refractivity contribution in [2.75, 3.05) is 32.1 Å². The van der Waals surface area contributed by atoms with Crippen molar-refractivity contribution < 1.29 is 4.79 Å². The van der Waals surface area contributed by atoms with Gasteiger partial charge in [0.05, 0.1) is 16.6 Å². The number of hydrogen-bond donors (Lipinski definition) is 0. The van der Waals surface area contributed by atoms with Gasteiger partial charge in [-0.15, -0.1) is 0 Å². The second-order valence-electron chi connectivity index (χ2n) is 8.23. The molecule has 29 heavy (non-hydrogen) atoms. The molecule has 154 valence electrons. The Morgan fingerprint density at radius 1 is 0.966 bits per heavy atom. The number of nitrogens with zero attached hydrogens (tertiary/aromatic N) is 3. The monoisotopic (exact) mass is 409 g/mol. The highest BCUT2D eigenvalue weighted by Gasteiger charge is 2.21. The van der Waals surface area contributed by atoms with Crippen molar-refractivity contribution in [3.05, 3.63) is 58.1 Å². The van der Waals surface area contributed by atoms with E-state index in [9.17, 15) is 4.79 Å². The summed E-state index contributed by atoms with van der Waals surface area (Å²) in [5.74, 6) is 0.117. The van der Waals surface area contributed by atoms with Gasteiger partial charge < -0.3 is 4.90 Å². The highest BCUT2D eigenvalue weighted by Crippen LogP contribution is 2.32. The van der Waals surface area contributed by atoms with Crippen molar-refractivity contribution in [1.82, 2.24) is 9.88 Å². The van der Waals surface area contributed by atoms with Gasteiger partial charge in [-0.1, -0.05) is 41.2 Å². The summed E-state index contributed by atoms with van der Waals surface area (Å²) in [4.78, 5) is 22.3. The van der Waals surface area contributed by atoms with Crippen LogP contribution in [0.3, 0.4) is 0 Å². The van der Waals surface area contributed by atoms with E-state index in [1.165, 1.54) is 11.1 Å². The molecule has 4 nitrogen and oxygen atoms in total. The molecule has 0 aliphatic carbocycles. The van der Waals surface area contributed by atoms with E-state index in [0.29, 0.717) is 13.0 Å². The Morgan fingerprint density at radius 3 is 2.45 bits per heavy atom. The van der Waals surface area contributed by atoms with Crippen molar-refractivity contribution >= 4 is 32.6 Å². The number of thiazole rings is 1. The molecule has 0 aliphatic heterocycles. The van der Waals surface area contributed by atoms with Crippen LogP contribution in [0.25, 0.3) is 10.2 Å². The Hall–Kier alpha value is -2.24. The van der Waals surface area contributed by atoms with Gasteiger partial charge in [-0.05, 0) is 83.1 Å². The summed E-state index contributed by atoms with van der Waals surface area (Å²) in [5.41, 5.74) is 6.84. The van der Waals surface area contributed by atoms with Crippen LogP contribution in [0.1, 0.15) is 34.2 Å². The molecule has 0 unspecified atom stereocenters. The van der Waals surface area contributed by atoms with Gasteiger partial charge in [-0.2, -0.15) is 0 Å². The maximum absolute atomic E-state index is 13.4. The summed E-state index contributed by atoms with van der Waals surface area (Å²) in [6.07, 6.45) is 1.32. The molecule has 0 bridgehead atoms.